The average molecular weight is 472 g/mol. The van der Waals surface area contributed by atoms with Gasteiger partial charge in [-0.3, -0.25) is 4.79 Å². The number of hydrogen-bond acceptors (Lipinski definition) is 5. The summed E-state index contributed by atoms with van der Waals surface area (Å²) in [6.45, 7) is 4.35. The Kier molecular flexibility index (Phi) is 6.22. The van der Waals surface area contributed by atoms with Crippen LogP contribution < -0.4 is 11.3 Å². The van der Waals surface area contributed by atoms with Crippen LogP contribution in [0, 0.1) is 11.6 Å². The Morgan fingerprint density at radius 1 is 1.21 bits per heavy atom. The van der Waals surface area contributed by atoms with Crippen LogP contribution in [-0.2, 0) is 17.7 Å². The number of nitrogens with two attached hydrogens (primary N) is 1. The summed E-state index contributed by atoms with van der Waals surface area (Å²) in [5.41, 5.74) is 2.66. The van der Waals surface area contributed by atoms with Crippen LogP contribution in [0.4, 0.5) is 32.4 Å². The molecule has 2 N–H and O–H groups in total. The minimum atomic E-state index is -4.63. The monoisotopic (exact) mass is 472 g/mol. The van der Waals surface area contributed by atoms with Crippen molar-refractivity contribution in [1.29, 1.82) is 0 Å². The predicted molar refractivity (Wildman–Crippen MR) is 110 cm³/mol. The highest BCUT2D eigenvalue weighted by molar-refractivity contribution is 5.89. The number of aromatic nitrogens is 3. The van der Waals surface area contributed by atoms with Crippen molar-refractivity contribution in [2.75, 3.05) is 5.73 Å². The number of nitrogen functional groups attached to an aromatic ring is 1. The number of imidazole rings is 1. The number of fused-ring (bicyclic) bond motifs is 1. The molecule has 12 heteroatoms. The second-order valence-electron chi connectivity index (χ2n) is 8.37. The van der Waals surface area contributed by atoms with Crippen LogP contribution in [0.2, 0.25) is 0 Å². The van der Waals surface area contributed by atoms with E-state index < -0.39 is 53.5 Å². The molecule has 178 valence electrons. The van der Waals surface area contributed by atoms with Gasteiger partial charge in [0, 0.05) is 24.2 Å². The third-order valence-electron chi connectivity index (χ3n) is 4.60. The van der Waals surface area contributed by atoms with E-state index in [2.05, 4.69) is 4.98 Å². The lowest BCUT2D eigenvalue weighted by molar-refractivity contribution is -0.134. The molecule has 0 spiro atoms. The Hall–Kier alpha value is -3.44. The Bertz CT molecular complexity index is 1270. The minimum Gasteiger partial charge on any atom is -0.443 e. The smallest absolute Gasteiger partial charge is 0.420 e. The molecular weight excluding hydrogens is 451 g/mol. The third-order valence-corrected chi connectivity index (χ3v) is 4.60. The number of benzene rings is 1. The summed E-state index contributed by atoms with van der Waals surface area (Å²) in [7, 11) is 0. The number of aryl methyl sites for hydroxylation is 1. The van der Waals surface area contributed by atoms with Crippen molar-refractivity contribution in [3.63, 3.8) is 0 Å². The van der Waals surface area contributed by atoms with Crippen molar-refractivity contribution in [1.82, 2.24) is 14.1 Å². The van der Waals surface area contributed by atoms with Crippen molar-refractivity contribution in [3.05, 3.63) is 57.8 Å². The fourth-order valence-electron chi connectivity index (χ4n) is 3.21. The summed E-state index contributed by atoms with van der Waals surface area (Å²) in [4.78, 5) is 29.4. The number of rotatable bonds is 4. The Morgan fingerprint density at radius 2 is 1.88 bits per heavy atom. The molecule has 33 heavy (non-hydrogen) atoms. The highest BCUT2D eigenvalue weighted by Crippen LogP contribution is 2.30. The van der Waals surface area contributed by atoms with Gasteiger partial charge in [0.2, 0.25) is 0 Å². The highest BCUT2D eigenvalue weighted by Gasteiger charge is 2.31. The predicted octanol–water partition coefficient (Wildman–Crippen LogP) is 4.38. The van der Waals surface area contributed by atoms with Gasteiger partial charge in [-0.15, -0.1) is 0 Å². The standard InChI is InChI=1S/C21H21F5N4O3/c1-20(2,3)33-19(32)30-14-9-12(22)16(23)11(6-7-21(24,25)26)17(14)28-15(30)10-29-8-4-5-13(27)18(29)31/h4-5,8-9H,6-7,10,27H2,1-3H3. The van der Waals surface area contributed by atoms with E-state index in [0.29, 0.717) is 6.07 Å². The normalized spacial score (nSPS) is 12.4. The van der Waals surface area contributed by atoms with Crippen molar-refractivity contribution in [2.45, 2.75) is 51.9 Å². The number of pyridine rings is 1. The van der Waals surface area contributed by atoms with E-state index in [4.69, 9.17) is 10.5 Å². The number of hydrogen-bond donors (Lipinski definition) is 1. The lowest BCUT2D eigenvalue weighted by atomic mass is 10.1. The average Bonchev–Trinajstić information content (AvgIpc) is 3.01. The number of halogens is 5. The van der Waals surface area contributed by atoms with E-state index in [1.165, 1.54) is 18.3 Å². The zero-order valence-corrected chi connectivity index (χ0v) is 18.0. The molecule has 2 heterocycles. The van der Waals surface area contributed by atoms with Gasteiger partial charge in [0.15, 0.2) is 11.6 Å². The van der Waals surface area contributed by atoms with Gasteiger partial charge >= 0.3 is 12.3 Å². The number of anilines is 1. The van der Waals surface area contributed by atoms with Crippen molar-refractivity contribution >= 4 is 22.8 Å². The lowest BCUT2D eigenvalue weighted by Crippen LogP contribution is -2.30. The molecule has 0 amide bonds. The van der Waals surface area contributed by atoms with E-state index in [0.717, 1.165) is 9.13 Å². The van der Waals surface area contributed by atoms with Crippen molar-refractivity contribution in [2.24, 2.45) is 0 Å². The molecule has 2 aromatic heterocycles. The maximum absolute atomic E-state index is 14.5. The first-order chi connectivity index (χ1) is 15.2. The molecule has 0 saturated carbocycles. The van der Waals surface area contributed by atoms with Crippen molar-refractivity contribution < 1.29 is 31.5 Å². The van der Waals surface area contributed by atoms with Crippen LogP contribution in [0.3, 0.4) is 0 Å². The maximum Gasteiger partial charge on any atom is 0.420 e. The fraction of sp³-hybridized carbons (Fsp3) is 0.381. The van der Waals surface area contributed by atoms with Gasteiger partial charge in [-0.2, -0.15) is 13.2 Å². The number of carbonyl (C=O) groups is 1. The number of carbonyl (C=O) groups excluding carboxylic acids is 1. The van der Waals surface area contributed by atoms with Gasteiger partial charge in [0.25, 0.3) is 5.56 Å². The van der Waals surface area contributed by atoms with Gasteiger partial charge in [-0.1, -0.05) is 0 Å². The van der Waals surface area contributed by atoms with E-state index in [-0.39, 0.29) is 29.1 Å². The molecule has 3 rings (SSSR count). The van der Waals surface area contributed by atoms with Gasteiger partial charge in [-0.05, 0) is 39.3 Å². The Morgan fingerprint density at radius 3 is 2.48 bits per heavy atom. The topological polar surface area (TPSA) is 92.1 Å². The molecule has 0 atom stereocenters. The lowest BCUT2D eigenvalue weighted by Gasteiger charge is -2.20. The van der Waals surface area contributed by atoms with Gasteiger partial charge in [0.05, 0.1) is 23.3 Å². The number of alkyl halides is 3. The summed E-state index contributed by atoms with van der Waals surface area (Å²) in [6, 6.07) is 3.48. The molecule has 0 aliphatic rings. The zero-order chi connectivity index (χ0) is 24.7. The Labute approximate surface area is 184 Å². The zero-order valence-electron chi connectivity index (χ0n) is 18.0. The molecule has 0 fully saturated rings. The molecule has 7 nitrogen and oxygen atoms in total. The largest absolute Gasteiger partial charge is 0.443 e. The summed E-state index contributed by atoms with van der Waals surface area (Å²) in [6.07, 6.45) is -6.62. The van der Waals surface area contributed by atoms with Crippen LogP contribution in [0.1, 0.15) is 38.6 Å². The molecular formula is C21H21F5N4O3. The number of ether oxygens (including phenoxy) is 1. The van der Waals surface area contributed by atoms with Crippen LogP contribution >= 0.6 is 0 Å². The van der Waals surface area contributed by atoms with E-state index in [9.17, 15) is 31.5 Å². The second-order valence-corrected chi connectivity index (χ2v) is 8.37. The molecule has 0 bridgehead atoms. The number of nitrogens with zero attached hydrogens (tertiary/aromatic N) is 3. The molecule has 0 radical (unpaired) electrons. The van der Waals surface area contributed by atoms with Gasteiger partial charge < -0.3 is 15.0 Å². The molecule has 0 unspecified atom stereocenters. The summed E-state index contributed by atoms with van der Waals surface area (Å²) < 4.78 is 74.4. The van der Waals surface area contributed by atoms with E-state index in [1.54, 1.807) is 20.8 Å². The fourth-order valence-corrected chi connectivity index (χ4v) is 3.21. The SMILES string of the molecule is CC(C)(C)OC(=O)n1c(Cn2cccc(N)c2=O)nc2c(CCC(F)(F)F)c(F)c(F)cc21. The minimum absolute atomic E-state index is 0.0969. The Balaban J connectivity index is 2.25. The molecule has 1 aromatic carbocycles. The van der Waals surface area contributed by atoms with Crippen LogP contribution in [0.25, 0.3) is 11.0 Å². The first kappa shape index (κ1) is 24.2. The molecule has 0 aliphatic heterocycles. The quantitative estimate of drug-likeness (QED) is 0.569. The summed E-state index contributed by atoms with van der Waals surface area (Å²) in [5, 5.41) is 0. The maximum atomic E-state index is 14.5. The van der Waals surface area contributed by atoms with E-state index in [1.807, 2.05) is 0 Å². The third kappa shape index (κ3) is 5.32. The highest BCUT2D eigenvalue weighted by atomic mass is 19.4. The van der Waals surface area contributed by atoms with Crippen LogP contribution in [0.5, 0.6) is 0 Å². The van der Waals surface area contributed by atoms with E-state index >= 15 is 0 Å². The molecule has 0 aliphatic carbocycles. The van der Waals surface area contributed by atoms with Gasteiger partial charge in [0.1, 0.15) is 11.4 Å². The summed E-state index contributed by atoms with van der Waals surface area (Å²) >= 11 is 0. The molecule has 0 saturated heterocycles. The summed E-state index contributed by atoms with van der Waals surface area (Å²) in [5.74, 6) is -3.12. The van der Waals surface area contributed by atoms with Crippen LogP contribution in [-0.4, -0.2) is 32.0 Å². The van der Waals surface area contributed by atoms with Crippen LogP contribution in [0.15, 0.2) is 29.2 Å². The molecule has 3 aromatic rings. The second kappa shape index (κ2) is 8.49. The van der Waals surface area contributed by atoms with Gasteiger partial charge in [-0.25, -0.2) is 23.1 Å². The van der Waals surface area contributed by atoms with Crippen molar-refractivity contribution in [3.8, 4) is 0 Å². The first-order valence-corrected chi connectivity index (χ1v) is 9.81. The first-order valence-electron chi connectivity index (χ1n) is 9.81.